The largest absolute Gasteiger partial charge is 0.382 e. The van der Waals surface area contributed by atoms with Gasteiger partial charge in [-0.05, 0) is 39.5 Å². The number of benzene rings is 1. The van der Waals surface area contributed by atoms with Crippen LogP contribution in [-0.4, -0.2) is 14.5 Å². The zero-order valence-corrected chi connectivity index (χ0v) is 17.6. The van der Waals surface area contributed by atoms with E-state index in [-0.39, 0.29) is 0 Å². The van der Waals surface area contributed by atoms with Gasteiger partial charge in [-0.1, -0.05) is 37.6 Å². The fourth-order valence-electron chi connectivity index (χ4n) is 3.36. The predicted molar refractivity (Wildman–Crippen MR) is 117 cm³/mol. The second kappa shape index (κ2) is 7.58. The van der Waals surface area contributed by atoms with E-state index in [9.17, 15) is 0 Å². The number of thiophene rings is 1. The highest BCUT2D eigenvalue weighted by Crippen LogP contribution is 2.37. The lowest BCUT2D eigenvalue weighted by Crippen LogP contribution is -2.06. The van der Waals surface area contributed by atoms with Crippen LogP contribution < -0.4 is 11.5 Å². The number of nitrogens with zero attached hydrogens (tertiary/aromatic N) is 3. The molecule has 0 aliphatic carbocycles. The van der Waals surface area contributed by atoms with Crippen LogP contribution in [0, 0.1) is 0 Å². The first kappa shape index (κ1) is 18.4. The number of fused-ring (bicyclic) bond motifs is 3. The van der Waals surface area contributed by atoms with Gasteiger partial charge in [-0.15, -0.1) is 11.3 Å². The maximum Gasteiger partial charge on any atom is 0.152 e. The Hall–Kier alpha value is -1.96. The summed E-state index contributed by atoms with van der Waals surface area (Å²) < 4.78 is 4.48. The molecule has 0 unspecified atom stereocenters. The van der Waals surface area contributed by atoms with Crippen LogP contribution in [0.15, 0.2) is 34.1 Å². The molecule has 1 aromatic carbocycles. The number of imidazole rings is 1. The molecule has 0 saturated heterocycles. The van der Waals surface area contributed by atoms with Gasteiger partial charge in [-0.25, -0.2) is 9.97 Å². The van der Waals surface area contributed by atoms with Crippen LogP contribution in [-0.2, 0) is 19.5 Å². The molecule has 140 valence electrons. The standard InChI is InChI=1S/C20H22BrN5S/c1-2-3-4-16-25-17-18(19-14(24-20(17)23)9-15(21)27-19)26(16)11-13-7-5-12(10-22)6-8-13/h5-9H,2-4,10-11,22H2,1H3,(H2,23,24). The topological polar surface area (TPSA) is 82.8 Å². The lowest BCUT2D eigenvalue weighted by Gasteiger charge is -2.10. The molecule has 3 heterocycles. The van der Waals surface area contributed by atoms with Gasteiger partial charge in [0.25, 0.3) is 0 Å². The number of hydrogen-bond donors (Lipinski definition) is 2. The van der Waals surface area contributed by atoms with E-state index in [1.807, 2.05) is 6.07 Å². The number of nitrogen functional groups attached to an aromatic ring is 1. The van der Waals surface area contributed by atoms with Crippen LogP contribution in [0.2, 0.25) is 0 Å². The van der Waals surface area contributed by atoms with Crippen LogP contribution in [0.5, 0.6) is 0 Å². The number of hydrogen-bond acceptors (Lipinski definition) is 5. The maximum absolute atomic E-state index is 6.26. The highest BCUT2D eigenvalue weighted by molar-refractivity contribution is 9.11. The molecular formula is C20H22BrN5S. The summed E-state index contributed by atoms with van der Waals surface area (Å²) in [6, 6.07) is 10.5. The van der Waals surface area contributed by atoms with Gasteiger partial charge < -0.3 is 16.0 Å². The maximum atomic E-state index is 6.26. The highest BCUT2D eigenvalue weighted by Gasteiger charge is 2.19. The van der Waals surface area contributed by atoms with Gasteiger partial charge in [-0.3, -0.25) is 0 Å². The molecule has 4 N–H and O–H groups in total. The Morgan fingerprint density at radius 3 is 2.59 bits per heavy atom. The molecule has 0 aliphatic rings. The molecule has 5 nitrogen and oxygen atoms in total. The minimum absolute atomic E-state index is 0.498. The first-order valence-electron chi connectivity index (χ1n) is 9.12. The van der Waals surface area contributed by atoms with Crippen molar-refractivity contribution in [2.75, 3.05) is 5.73 Å². The van der Waals surface area contributed by atoms with Gasteiger partial charge in [-0.2, -0.15) is 0 Å². The molecule has 7 heteroatoms. The normalized spacial score (nSPS) is 11.7. The van der Waals surface area contributed by atoms with Crippen LogP contribution in [0.3, 0.4) is 0 Å². The van der Waals surface area contributed by atoms with Gasteiger partial charge in [0.15, 0.2) is 5.82 Å². The summed E-state index contributed by atoms with van der Waals surface area (Å²) in [4.78, 5) is 9.44. The molecule has 0 amide bonds. The summed E-state index contributed by atoms with van der Waals surface area (Å²) in [5.74, 6) is 1.57. The number of unbranched alkanes of at least 4 members (excludes halogenated alkanes) is 1. The Bertz CT molecular complexity index is 1100. The minimum Gasteiger partial charge on any atom is -0.382 e. The zero-order chi connectivity index (χ0) is 19.0. The molecule has 0 aliphatic heterocycles. The Morgan fingerprint density at radius 2 is 1.89 bits per heavy atom. The third-order valence-corrected chi connectivity index (χ3v) is 6.41. The number of aromatic nitrogens is 3. The van der Waals surface area contributed by atoms with Crippen LogP contribution in [0.4, 0.5) is 5.82 Å². The molecule has 4 rings (SSSR count). The monoisotopic (exact) mass is 443 g/mol. The Balaban J connectivity index is 1.90. The third kappa shape index (κ3) is 3.47. The average Bonchev–Trinajstić information content (AvgIpc) is 3.21. The predicted octanol–water partition coefficient (Wildman–Crippen LogP) is 4.84. The van der Waals surface area contributed by atoms with E-state index in [1.54, 1.807) is 11.3 Å². The van der Waals surface area contributed by atoms with Crippen LogP contribution in [0.1, 0.15) is 36.7 Å². The van der Waals surface area contributed by atoms with Gasteiger partial charge in [0, 0.05) is 19.5 Å². The van der Waals surface area contributed by atoms with Crippen molar-refractivity contribution in [3.8, 4) is 0 Å². The number of pyridine rings is 1. The quantitative estimate of drug-likeness (QED) is 0.446. The summed E-state index contributed by atoms with van der Waals surface area (Å²) >= 11 is 5.27. The van der Waals surface area contributed by atoms with Crippen LogP contribution >= 0.6 is 27.3 Å². The lowest BCUT2D eigenvalue weighted by molar-refractivity contribution is 0.690. The van der Waals surface area contributed by atoms with Gasteiger partial charge >= 0.3 is 0 Å². The van der Waals surface area contributed by atoms with Crippen molar-refractivity contribution in [1.29, 1.82) is 0 Å². The van der Waals surface area contributed by atoms with Crippen molar-refractivity contribution < 1.29 is 0 Å². The second-order valence-electron chi connectivity index (χ2n) is 6.70. The Kier molecular flexibility index (Phi) is 5.16. The van der Waals surface area contributed by atoms with E-state index in [2.05, 4.69) is 56.7 Å². The first-order chi connectivity index (χ1) is 13.1. The summed E-state index contributed by atoms with van der Waals surface area (Å²) in [5.41, 5.74) is 17.2. The molecule has 0 bridgehead atoms. The van der Waals surface area contributed by atoms with Crippen molar-refractivity contribution in [2.24, 2.45) is 5.73 Å². The molecule has 0 fully saturated rings. The summed E-state index contributed by atoms with van der Waals surface area (Å²) in [6.45, 7) is 3.51. The molecule has 0 spiro atoms. The number of nitrogens with two attached hydrogens (primary N) is 2. The van der Waals surface area contributed by atoms with Crippen molar-refractivity contribution in [3.05, 3.63) is 51.1 Å². The summed E-state index contributed by atoms with van der Waals surface area (Å²) in [7, 11) is 0. The molecule has 4 aromatic rings. The lowest BCUT2D eigenvalue weighted by atomic mass is 10.1. The minimum atomic E-state index is 0.498. The molecular weight excluding hydrogens is 422 g/mol. The van der Waals surface area contributed by atoms with Crippen molar-refractivity contribution in [3.63, 3.8) is 0 Å². The van der Waals surface area contributed by atoms with Crippen LogP contribution in [0.25, 0.3) is 21.3 Å². The summed E-state index contributed by atoms with van der Waals surface area (Å²) in [6.07, 6.45) is 3.15. The number of anilines is 1. The molecule has 0 saturated carbocycles. The van der Waals surface area contributed by atoms with E-state index in [0.29, 0.717) is 12.4 Å². The molecule has 27 heavy (non-hydrogen) atoms. The molecule has 0 atom stereocenters. The fraction of sp³-hybridized carbons (Fsp3) is 0.300. The first-order valence-corrected chi connectivity index (χ1v) is 10.7. The Labute approximate surface area is 170 Å². The van der Waals surface area contributed by atoms with E-state index in [0.717, 1.165) is 62.2 Å². The Morgan fingerprint density at radius 1 is 1.15 bits per heavy atom. The average molecular weight is 444 g/mol. The third-order valence-electron chi connectivity index (χ3n) is 4.78. The van der Waals surface area contributed by atoms with Gasteiger partial charge in [0.05, 0.1) is 19.5 Å². The van der Waals surface area contributed by atoms with E-state index < -0.39 is 0 Å². The zero-order valence-electron chi connectivity index (χ0n) is 15.2. The van der Waals surface area contributed by atoms with Crippen molar-refractivity contribution in [1.82, 2.24) is 14.5 Å². The molecule has 3 aromatic heterocycles. The molecule has 0 radical (unpaired) electrons. The number of halogens is 1. The SMILES string of the molecule is CCCCc1nc2c(N)nc3cc(Br)sc3c2n1Cc1ccc(CN)cc1. The smallest absolute Gasteiger partial charge is 0.152 e. The van der Waals surface area contributed by atoms with Gasteiger partial charge in [0.1, 0.15) is 11.3 Å². The van der Waals surface area contributed by atoms with Gasteiger partial charge in [0.2, 0.25) is 0 Å². The number of rotatable bonds is 6. The van der Waals surface area contributed by atoms with E-state index >= 15 is 0 Å². The van der Waals surface area contributed by atoms with E-state index in [4.69, 9.17) is 16.5 Å². The van der Waals surface area contributed by atoms with Crippen molar-refractivity contribution >= 4 is 54.3 Å². The second-order valence-corrected chi connectivity index (χ2v) is 9.13. The fourth-order valence-corrected chi connectivity index (χ4v) is 4.94. The van der Waals surface area contributed by atoms with E-state index in [1.165, 1.54) is 5.56 Å². The highest BCUT2D eigenvalue weighted by atomic mass is 79.9. The summed E-state index contributed by atoms with van der Waals surface area (Å²) in [5, 5.41) is 0. The number of aryl methyl sites for hydroxylation is 1. The van der Waals surface area contributed by atoms with Crippen molar-refractivity contribution in [2.45, 2.75) is 39.3 Å².